The first kappa shape index (κ1) is 7.72. The van der Waals surface area contributed by atoms with Crippen molar-refractivity contribution in [1.29, 1.82) is 0 Å². The van der Waals surface area contributed by atoms with Crippen molar-refractivity contribution in [1.82, 2.24) is 0 Å². The fraction of sp³-hybridized carbons (Fsp3) is 0.125. The van der Waals surface area contributed by atoms with Crippen LogP contribution in [0.15, 0.2) is 18.2 Å². The molecule has 0 atom stereocenters. The number of aryl methyl sites for hydroxylation is 1. The van der Waals surface area contributed by atoms with Gasteiger partial charge in [0.05, 0.1) is 4.92 Å². The second-order valence-electron chi connectivity index (χ2n) is 2.34. The molecule has 0 spiro atoms. The quantitative estimate of drug-likeness (QED) is 0.454. The van der Waals surface area contributed by atoms with Crippen LogP contribution in [-0.2, 0) is 0 Å². The van der Waals surface area contributed by atoms with Gasteiger partial charge in [0, 0.05) is 11.1 Å². The molecule has 0 heterocycles. The average Bonchev–Trinajstić information content (AvgIpc) is 1.85. The third-order valence-electron chi connectivity index (χ3n) is 1.50. The van der Waals surface area contributed by atoms with Gasteiger partial charge in [-0.3, -0.25) is 10.1 Å². The molecule has 0 bridgehead atoms. The molecule has 0 aliphatic carbocycles. The van der Waals surface area contributed by atoms with Crippen LogP contribution >= 0.6 is 0 Å². The molecule has 1 radical (unpaired) electrons. The van der Waals surface area contributed by atoms with Crippen molar-refractivity contribution in [2.24, 2.45) is 0 Å². The molecule has 1 aromatic rings. The highest BCUT2D eigenvalue weighted by Gasteiger charge is 2.12. The summed E-state index contributed by atoms with van der Waals surface area (Å²) in [5, 5.41) is 10.4. The Morgan fingerprint density at radius 3 is 2.55 bits per heavy atom. The predicted molar refractivity (Wildman–Crippen MR) is 42.3 cm³/mol. The minimum absolute atomic E-state index is 0.118. The first-order chi connectivity index (χ1) is 5.13. The third-order valence-corrected chi connectivity index (χ3v) is 1.50. The number of hydrogen-bond donors (Lipinski definition) is 0. The first-order valence-corrected chi connectivity index (χ1v) is 3.19. The minimum atomic E-state index is -0.405. The number of para-hydroxylation sites is 1. The summed E-state index contributed by atoms with van der Waals surface area (Å²) in [6, 6.07) is 5.09. The van der Waals surface area contributed by atoms with Crippen molar-refractivity contribution in [3.05, 3.63) is 46.4 Å². The van der Waals surface area contributed by atoms with E-state index in [1.165, 1.54) is 0 Å². The Bertz CT molecular complexity index is 274. The molecule has 11 heavy (non-hydrogen) atoms. The molecular formula is C8H8NO2. The zero-order valence-electron chi connectivity index (χ0n) is 6.20. The van der Waals surface area contributed by atoms with Crippen LogP contribution < -0.4 is 0 Å². The van der Waals surface area contributed by atoms with Crippen molar-refractivity contribution in [3.63, 3.8) is 0 Å². The molecule has 0 saturated heterocycles. The van der Waals surface area contributed by atoms with Crippen LogP contribution in [-0.4, -0.2) is 4.92 Å². The van der Waals surface area contributed by atoms with E-state index >= 15 is 0 Å². The van der Waals surface area contributed by atoms with E-state index in [1.54, 1.807) is 25.1 Å². The maximum absolute atomic E-state index is 10.4. The van der Waals surface area contributed by atoms with Crippen molar-refractivity contribution in [2.75, 3.05) is 0 Å². The van der Waals surface area contributed by atoms with Crippen molar-refractivity contribution in [3.8, 4) is 0 Å². The molecule has 0 N–H and O–H groups in total. The smallest absolute Gasteiger partial charge is 0.258 e. The Kier molecular flexibility index (Phi) is 1.89. The molecule has 3 heteroatoms. The number of rotatable bonds is 1. The standard InChI is InChI=1S/C8H8NO2/c1-6-4-3-5-7(2)8(6)9(10)11/h3-5H,1H2,2H3. The number of benzene rings is 1. The van der Waals surface area contributed by atoms with Crippen LogP contribution in [0.4, 0.5) is 5.69 Å². The fourth-order valence-corrected chi connectivity index (χ4v) is 0.981. The van der Waals surface area contributed by atoms with Gasteiger partial charge in [0.15, 0.2) is 0 Å². The summed E-state index contributed by atoms with van der Waals surface area (Å²) < 4.78 is 0. The lowest BCUT2D eigenvalue weighted by Crippen LogP contribution is -1.93. The van der Waals surface area contributed by atoms with Gasteiger partial charge in [-0.05, 0) is 13.8 Å². The van der Waals surface area contributed by atoms with Gasteiger partial charge in [-0.1, -0.05) is 18.2 Å². The summed E-state index contributed by atoms with van der Waals surface area (Å²) in [5.41, 5.74) is 1.24. The molecule has 0 aliphatic heterocycles. The van der Waals surface area contributed by atoms with Crippen LogP contribution in [0.3, 0.4) is 0 Å². The van der Waals surface area contributed by atoms with E-state index in [0.717, 1.165) is 0 Å². The minimum Gasteiger partial charge on any atom is -0.258 e. The lowest BCUT2D eigenvalue weighted by atomic mass is 10.1. The molecule has 1 rings (SSSR count). The number of nitro benzene ring substituents is 1. The summed E-state index contributed by atoms with van der Waals surface area (Å²) in [6.45, 7) is 5.26. The van der Waals surface area contributed by atoms with E-state index in [1.807, 2.05) is 0 Å². The molecule has 0 aliphatic rings. The van der Waals surface area contributed by atoms with Crippen LogP contribution in [0.2, 0.25) is 0 Å². The van der Waals surface area contributed by atoms with Gasteiger partial charge in [0.25, 0.3) is 5.69 Å². The maximum atomic E-state index is 10.4. The summed E-state index contributed by atoms with van der Waals surface area (Å²) in [7, 11) is 0. The van der Waals surface area contributed by atoms with Gasteiger partial charge in [0.1, 0.15) is 0 Å². The highest BCUT2D eigenvalue weighted by Crippen LogP contribution is 2.21. The molecule has 0 amide bonds. The van der Waals surface area contributed by atoms with Crippen LogP contribution in [0, 0.1) is 24.0 Å². The zero-order chi connectivity index (χ0) is 8.43. The molecule has 0 saturated carbocycles. The van der Waals surface area contributed by atoms with Crippen LogP contribution in [0.25, 0.3) is 0 Å². The topological polar surface area (TPSA) is 43.1 Å². The Hall–Kier alpha value is -1.38. The summed E-state index contributed by atoms with van der Waals surface area (Å²) in [6.07, 6.45) is 0. The molecular weight excluding hydrogens is 142 g/mol. The second-order valence-corrected chi connectivity index (χ2v) is 2.34. The zero-order valence-corrected chi connectivity index (χ0v) is 6.20. The first-order valence-electron chi connectivity index (χ1n) is 3.19. The second kappa shape index (κ2) is 2.70. The highest BCUT2D eigenvalue weighted by molar-refractivity contribution is 5.48. The van der Waals surface area contributed by atoms with Gasteiger partial charge in [-0.2, -0.15) is 0 Å². The SMILES string of the molecule is [CH2]c1cccc(C)c1[N+](=O)[O-]. The molecule has 0 fully saturated rings. The molecule has 0 unspecified atom stereocenters. The van der Waals surface area contributed by atoms with Gasteiger partial charge < -0.3 is 0 Å². The van der Waals surface area contributed by atoms with Crippen LogP contribution in [0.1, 0.15) is 11.1 Å². The third kappa shape index (κ3) is 1.37. The van der Waals surface area contributed by atoms with Crippen LogP contribution in [0.5, 0.6) is 0 Å². The number of nitro groups is 1. The normalized spacial score (nSPS) is 9.64. The van der Waals surface area contributed by atoms with Gasteiger partial charge in [-0.15, -0.1) is 0 Å². The lowest BCUT2D eigenvalue weighted by Gasteiger charge is -1.98. The highest BCUT2D eigenvalue weighted by atomic mass is 16.6. The molecule has 57 valence electrons. The summed E-state index contributed by atoms with van der Waals surface area (Å²) >= 11 is 0. The summed E-state index contributed by atoms with van der Waals surface area (Å²) in [5.74, 6) is 0. The van der Waals surface area contributed by atoms with E-state index in [9.17, 15) is 10.1 Å². The van der Waals surface area contributed by atoms with E-state index < -0.39 is 4.92 Å². The molecule has 0 aromatic heterocycles. The predicted octanol–water partition coefficient (Wildman–Crippen LogP) is 2.09. The largest absolute Gasteiger partial charge is 0.275 e. The Morgan fingerprint density at radius 2 is 2.18 bits per heavy atom. The number of hydrogen-bond acceptors (Lipinski definition) is 2. The van der Waals surface area contributed by atoms with E-state index in [4.69, 9.17) is 0 Å². The molecule has 1 aromatic carbocycles. The number of nitrogens with zero attached hydrogens (tertiary/aromatic N) is 1. The monoisotopic (exact) mass is 150 g/mol. The molecule has 3 nitrogen and oxygen atoms in total. The fourth-order valence-electron chi connectivity index (χ4n) is 0.981. The lowest BCUT2D eigenvalue weighted by molar-refractivity contribution is -0.385. The summed E-state index contributed by atoms with van der Waals surface area (Å²) in [4.78, 5) is 10.0. The Labute approximate surface area is 64.8 Å². The van der Waals surface area contributed by atoms with Crippen molar-refractivity contribution < 1.29 is 4.92 Å². The van der Waals surface area contributed by atoms with E-state index in [0.29, 0.717) is 11.1 Å². The maximum Gasteiger partial charge on any atom is 0.275 e. The van der Waals surface area contributed by atoms with Gasteiger partial charge >= 0.3 is 0 Å². The van der Waals surface area contributed by atoms with Crippen molar-refractivity contribution in [2.45, 2.75) is 6.92 Å². The Balaban J connectivity index is 3.32. The van der Waals surface area contributed by atoms with Gasteiger partial charge in [-0.25, -0.2) is 0 Å². The van der Waals surface area contributed by atoms with E-state index in [2.05, 4.69) is 6.92 Å². The van der Waals surface area contributed by atoms with Crippen molar-refractivity contribution >= 4 is 5.69 Å². The van der Waals surface area contributed by atoms with Gasteiger partial charge in [0.2, 0.25) is 0 Å². The van der Waals surface area contributed by atoms with E-state index in [-0.39, 0.29) is 5.69 Å². The average molecular weight is 150 g/mol. The Morgan fingerprint density at radius 1 is 1.55 bits per heavy atom.